The second-order valence-electron chi connectivity index (χ2n) is 4.96. The van der Waals surface area contributed by atoms with Crippen molar-refractivity contribution in [3.8, 4) is 0 Å². The van der Waals surface area contributed by atoms with Crippen LogP contribution in [-0.4, -0.2) is 14.8 Å². The molecule has 1 unspecified atom stereocenters. The predicted molar refractivity (Wildman–Crippen MR) is 71.9 cm³/mol. The normalized spacial score (nSPS) is 18.7. The quantitative estimate of drug-likeness (QED) is 0.829. The van der Waals surface area contributed by atoms with Gasteiger partial charge in [-0.25, -0.2) is 9.67 Å². The Bertz CT molecular complexity index is 562. The lowest BCUT2D eigenvalue weighted by Gasteiger charge is -2.17. The first kappa shape index (κ1) is 11.7. The number of benzene rings is 1. The minimum absolute atomic E-state index is 0.527. The molecule has 0 aliphatic carbocycles. The van der Waals surface area contributed by atoms with Gasteiger partial charge in [0.2, 0.25) is 0 Å². The van der Waals surface area contributed by atoms with Crippen molar-refractivity contribution in [1.82, 2.24) is 14.8 Å². The van der Waals surface area contributed by atoms with Crippen LogP contribution in [-0.2, 0) is 13.0 Å². The summed E-state index contributed by atoms with van der Waals surface area (Å²) in [6, 6.07) is 7.90. The first-order chi connectivity index (χ1) is 8.72. The number of rotatable bonds is 2. The lowest BCUT2D eigenvalue weighted by Crippen LogP contribution is -2.14. The van der Waals surface area contributed by atoms with Gasteiger partial charge in [0.25, 0.3) is 0 Å². The molecule has 1 atom stereocenters. The van der Waals surface area contributed by atoms with Gasteiger partial charge in [-0.1, -0.05) is 30.7 Å². The molecule has 0 N–H and O–H groups in total. The van der Waals surface area contributed by atoms with Crippen LogP contribution in [0.3, 0.4) is 0 Å². The molecule has 94 valence electrons. The van der Waals surface area contributed by atoms with E-state index in [2.05, 4.69) is 27.8 Å². The fourth-order valence-electron chi connectivity index (χ4n) is 2.51. The Hall–Kier alpha value is -1.35. The Kier molecular flexibility index (Phi) is 3.08. The number of hydrogen-bond donors (Lipinski definition) is 0. The van der Waals surface area contributed by atoms with E-state index in [1.54, 1.807) is 0 Å². The molecule has 3 rings (SSSR count). The van der Waals surface area contributed by atoms with E-state index in [4.69, 9.17) is 11.6 Å². The zero-order valence-corrected chi connectivity index (χ0v) is 11.2. The van der Waals surface area contributed by atoms with Crippen LogP contribution in [0.15, 0.2) is 24.3 Å². The molecular weight excluding hydrogens is 246 g/mol. The van der Waals surface area contributed by atoms with Crippen LogP contribution >= 0.6 is 11.6 Å². The van der Waals surface area contributed by atoms with Gasteiger partial charge in [-0.2, -0.15) is 5.10 Å². The lowest BCUT2D eigenvalue weighted by atomic mass is 10.0. The van der Waals surface area contributed by atoms with Crippen molar-refractivity contribution >= 4 is 11.6 Å². The van der Waals surface area contributed by atoms with Crippen LogP contribution in [0.1, 0.15) is 42.9 Å². The van der Waals surface area contributed by atoms with Gasteiger partial charge in [-0.3, -0.25) is 0 Å². The monoisotopic (exact) mass is 261 g/mol. The van der Waals surface area contributed by atoms with Crippen molar-refractivity contribution in [3.05, 3.63) is 46.5 Å². The SMILES string of the molecule is CC1CCCn2nc(Cc3cccc(Cl)c3)nc21. The Morgan fingerprint density at radius 3 is 3.11 bits per heavy atom. The van der Waals surface area contributed by atoms with Crippen molar-refractivity contribution in [2.75, 3.05) is 0 Å². The third-order valence-electron chi connectivity index (χ3n) is 3.44. The first-order valence-corrected chi connectivity index (χ1v) is 6.78. The highest BCUT2D eigenvalue weighted by atomic mass is 35.5. The largest absolute Gasteiger partial charge is 0.250 e. The minimum Gasteiger partial charge on any atom is -0.250 e. The van der Waals surface area contributed by atoms with Crippen LogP contribution in [0.25, 0.3) is 0 Å². The molecule has 0 fully saturated rings. The minimum atomic E-state index is 0.527. The molecule has 0 saturated carbocycles. The second kappa shape index (κ2) is 4.73. The third-order valence-corrected chi connectivity index (χ3v) is 3.68. The highest BCUT2D eigenvalue weighted by Gasteiger charge is 2.20. The molecule has 1 aromatic carbocycles. The van der Waals surface area contributed by atoms with Crippen LogP contribution in [0, 0.1) is 0 Å². The Labute approximate surface area is 112 Å². The predicted octanol–water partition coefficient (Wildman–Crippen LogP) is 3.42. The molecule has 2 aromatic rings. The van der Waals surface area contributed by atoms with Crippen molar-refractivity contribution < 1.29 is 0 Å². The van der Waals surface area contributed by atoms with Gasteiger partial charge in [0.05, 0.1) is 0 Å². The average Bonchev–Trinajstić information content (AvgIpc) is 2.73. The molecule has 0 saturated heterocycles. The van der Waals surface area contributed by atoms with E-state index < -0.39 is 0 Å². The molecule has 0 radical (unpaired) electrons. The van der Waals surface area contributed by atoms with Gasteiger partial charge >= 0.3 is 0 Å². The van der Waals surface area contributed by atoms with E-state index >= 15 is 0 Å². The van der Waals surface area contributed by atoms with Gasteiger partial charge in [-0.15, -0.1) is 0 Å². The summed E-state index contributed by atoms with van der Waals surface area (Å²) in [5, 5.41) is 5.36. The fraction of sp³-hybridized carbons (Fsp3) is 0.429. The smallest absolute Gasteiger partial charge is 0.155 e. The first-order valence-electron chi connectivity index (χ1n) is 6.40. The Morgan fingerprint density at radius 2 is 2.33 bits per heavy atom. The van der Waals surface area contributed by atoms with E-state index in [9.17, 15) is 0 Å². The maximum absolute atomic E-state index is 5.99. The summed E-state index contributed by atoms with van der Waals surface area (Å²) in [5.74, 6) is 2.57. The Morgan fingerprint density at radius 1 is 1.44 bits per heavy atom. The van der Waals surface area contributed by atoms with Crippen LogP contribution in [0.5, 0.6) is 0 Å². The summed E-state index contributed by atoms with van der Waals surface area (Å²) in [7, 11) is 0. The van der Waals surface area contributed by atoms with Crippen LogP contribution in [0.4, 0.5) is 0 Å². The van der Waals surface area contributed by atoms with Gasteiger partial charge in [0.1, 0.15) is 5.82 Å². The van der Waals surface area contributed by atoms with Crippen molar-refractivity contribution in [1.29, 1.82) is 0 Å². The molecule has 1 aromatic heterocycles. The second-order valence-corrected chi connectivity index (χ2v) is 5.40. The summed E-state index contributed by atoms with van der Waals surface area (Å²) in [6.45, 7) is 3.23. The molecule has 0 spiro atoms. The van der Waals surface area contributed by atoms with E-state index in [1.165, 1.54) is 12.8 Å². The highest BCUT2D eigenvalue weighted by molar-refractivity contribution is 6.30. The van der Waals surface area contributed by atoms with Gasteiger partial charge < -0.3 is 0 Å². The number of halogens is 1. The van der Waals surface area contributed by atoms with E-state index in [0.29, 0.717) is 5.92 Å². The summed E-state index contributed by atoms with van der Waals surface area (Å²) >= 11 is 5.99. The molecule has 18 heavy (non-hydrogen) atoms. The molecule has 0 bridgehead atoms. The summed E-state index contributed by atoms with van der Waals surface area (Å²) in [6.07, 6.45) is 3.18. The molecular formula is C14H16ClN3. The van der Waals surface area contributed by atoms with Gasteiger partial charge in [0, 0.05) is 23.9 Å². The van der Waals surface area contributed by atoms with E-state index in [0.717, 1.165) is 35.2 Å². The number of aryl methyl sites for hydroxylation is 1. The molecule has 4 heteroatoms. The highest BCUT2D eigenvalue weighted by Crippen LogP contribution is 2.25. The maximum Gasteiger partial charge on any atom is 0.155 e. The maximum atomic E-state index is 5.99. The zero-order chi connectivity index (χ0) is 12.5. The van der Waals surface area contributed by atoms with Crippen molar-refractivity contribution in [2.24, 2.45) is 0 Å². The molecule has 2 heterocycles. The Balaban J connectivity index is 1.85. The molecule has 0 amide bonds. The van der Waals surface area contributed by atoms with Gasteiger partial charge in [0.15, 0.2) is 5.82 Å². The topological polar surface area (TPSA) is 30.7 Å². The number of nitrogens with zero attached hydrogens (tertiary/aromatic N) is 3. The summed E-state index contributed by atoms with van der Waals surface area (Å²) in [5.41, 5.74) is 1.16. The van der Waals surface area contributed by atoms with Crippen molar-refractivity contribution in [3.63, 3.8) is 0 Å². The number of aromatic nitrogens is 3. The standard InChI is InChI=1S/C14H16ClN3/c1-10-4-3-7-18-14(10)16-13(17-18)9-11-5-2-6-12(15)8-11/h2,5-6,8,10H,3-4,7,9H2,1H3. The molecule has 1 aliphatic heterocycles. The van der Waals surface area contributed by atoms with Crippen LogP contribution < -0.4 is 0 Å². The number of fused-ring (bicyclic) bond motifs is 1. The third kappa shape index (κ3) is 2.27. The van der Waals surface area contributed by atoms with E-state index in [1.807, 2.05) is 18.2 Å². The number of hydrogen-bond acceptors (Lipinski definition) is 2. The summed E-state index contributed by atoms with van der Waals surface area (Å²) < 4.78 is 2.06. The van der Waals surface area contributed by atoms with Crippen molar-refractivity contribution in [2.45, 2.75) is 38.6 Å². The average molecular weight is 262 g/mol. The van der Waals surface area contributed by atoms with E-state index in [-0.39, 0.29) is 0 Å². The zero-order valence-electron chi connectivity index (χ0n) is 10.4. The molecule has 1 aliphatic rings. The van der Waals surface area contributed by atoms with Crippen LogP contribution in [0.2, 0.25) is 5.02 Å². The summed E-state index contributed by atoms with van der Waals surface area (Å²) in [4.78, 5) is 4.67. The van der Waals surface area contributed by atoms with Gasteiger partial charge in [-0.05, 0) is 30.5 Å². The lowest BCUT2D eigenvalue weighted by molar-refractivity contribution is 0.431. The fourth-order valence-corrected chi connectivity index (χ4v) is 2.73. The molecule has 3 nitrogen and oxygen atoms in total.